The van der Waals surface area contributed by atoms with Gasteiger partial charge in [-0.3, -0.25) is 9.69 Å². The Morgan fingerprint density at radius 2 is 2.09 bits per heavy atom. The number of nitrogens with one attached hydrogen (secondary N) is 3. The number of halogens is 1. The third kappa shape index (κ3) is 6.86. The smallest absolute Gasteiger partial charge is 0.414 e. The standard InChI is InChI=1S/C26H29FN4O3S/c1-18(32)30-16-22-17-31(26(33)34-22)21-9-10-23(24(27)14-21)20-7-5-19(6-8-20)15-28-12-13-35-25-4-2-3-11-29-25/h2-10,14,22,28-29H,11-13,15-17H2,1H3,(H,30,32)/t22-/m0/s1. The van der Waals surface area contributed by atoms with Crippen molar-refractivity contribution < 1.29 is 18.7 Å². The topological polar surface area (TPSA) is 82.7 Å². The molecule has 2 aromatic rings. The van der Waals surface area contributed by atoms with E-state index < -0.39 is 18.0 Å². The van der Waals surface area contributed by atoms with Gasteiger partial charge in [-0.25, -0.2) is 9.18 Å². The molecule has 4 rings (SSSR count). The highest BCUT2D eigenvalue weighted by Crippen LogP contribution is 2.29. The Labute approximate surface area is 208 Å². The van der Waals surface area contributed by atoms with Gasteiger partial charge in [-0.15, -0.1) is 11.8 Å². The molecular formula is C26H29FN4O3S. The van der Waals surface area contributed by atoms with Gasteiger partial charge in [0.25, 0.3) is 0 Å². The molecule has 0 aliphatic carbocycles. The molecule has 2 amide bonds. The molecule has 1 atom stereocenters. The van der Waals surface area contributed by atoms with E-state index in [2.05, 4.69) is 34.2 Å². The molecule has 1 saturated heterocycles. The molecule has 2 aliphatic heterocycles. The summed E-state index contributed by atoms with van der Waals surface area (Å²) in [6.45, 7) is 4.39. The summed E-state index contributed by atoms with van der Waals surface area (Å²) in [5.41, 5.74) is 2.78. The zero-order valence-electron chi connectivity index (χ0n) is 19.6. The molecule has 0 unspecified atom stereocenters. The summed E-state index contributed by atoms with van der Waals surface area (Å²) in [6.07, 6.45) is 5.22. The highest BCUT2D eigenvalue weighted by Gasteiger charge is 2.32. The van der Waals surface area contributed by atoms with Gasteiger partial charge in [-0.05, 0) is 35.4 Å². The lowest BCUT2D eigenvalue weighted by atomic mass is 10.0. The minimum atomic E-state index is -0.550. The van der Waals surface area contributed by atoms with E-state index in [0.29, 0.717) is 11.3 Å². The van der Waals surface area contributed by atoms with Crippen LogP contribution in [0.2, 0.25) is 0 Å². The van der Waals surface area contributed by atoms with Crippen LogP contribution in [0.3, 0.4) is 0 Å². The Bertz CT molecular complexity index is 1120. The average Bonchev–Trinajstić information content (AvgIpc) is 3.24. The molecule has 0 bridgehead atoms. The summed E-state index contributed by atoms with van der Waals surface area (Å²) < 4.78 is 20.2. The van der Waals surface area contributed by atoms with Crippen LogP contribution in [-0.2, 0) is 16.1 Å². The number of thioether (sulfide) groups is 1. The van der Waals surface area contributed by atoms with Crippen molar-refractivity contribution in [1.29, 1.82) is 0 Å². The molecule has 2 heterocycles. The molecule has 1 fully saturated rings. The number of hydrogen-bond donors (Lipinski definition) is 3. The molecule has 3 N–H and O–H groups in total. The Kier molecular flexibility index (Phi) is 8.44. The summed E-state index contributed by atoms with van der Waals surface area (Å²) in [5, 5.41) is 10.6. The molecular weight excluding hydrogens is 467 g/mol. The van der Waals surface area contributed by atoms with Crippen molar-refractivity contribution in [3.63, 3.8) is 0 Å². The number of carbonyl (C=O) groups is 2. The maximum atomic E-state index is 14.9. The van der Waals surface area contributed by atoms with Crippen molar-refractivity contribution in [2.24, 2.45) is 0 Å². The Morgan fingerprint density at radius 3 is 2.80 bits per heavy atom. The highest BCUT2D eigenvalue weighted by atomic mass is 32.2. The molecule has 2 aliphatic rings. The predicted octanol–water partition coefficient (Wildman–Crippen LogP) is 3.78. The molecule has 35 heavy (non-hydrogen) atoms. The van der Waals surface area contributed by atoms with Crippen LogP contribution in [0.4, 0.5) is 14.9 Å². The zero-order chi connectivity index (χ0) is 24.6. The number of dihydropyridines is 1. The fraction of sp³-hybridized carbons (Fsp3) is 0.308. The maximum Gasteiger partial charge on any atom is 0.414 e. The van der Waals surface area contributed by atoms with Crippen LogP contribution in [0.5, 0.6) is 0 Å². The predicted molar refractivity (Wildman–Crippen MR) is 138 cm³/mol. The van der Waals surface area contributed by atoms with Crippen LogP contribution in [0.15, 0.2) is 65.7 Å². The summed E-state index contributed by atoms with van der Waals surface area (Å²) >= 11 is 1.79. The first kappa shape index (κ1) is 24.8. The first-order valence-corrected chi connectivity index (χ1v) is 12.5. The van der Waals surface area contributed by atoms with Gasteiger partial charge in [-0.1, -0.05) is 36.4 Å². The lowest BCUT2D eigenvalue weighted by molar-refractivity contribution is -0.119. The second kappa shape index (κ2) is 11.9. The van der Waals surface area contributed by atoms with Crippen LogP contribution in [0.1, 0.15) is 12.5 Å². The summed E-state index contributed by atoms with van der Waals surface area (Å²) in [7, 11) is 0. The Balaban J connectivity index is 1.29. The van der Waals surface area contributed by atoms with Crippen molar-refractivity contribution in [2.75, 3.05) is 36.8 Å². The van der Waals surface area contributed by atoms with E-state index in [-0.39, 0.29) is 19.0 Å². The molecule has 0 spiro atoms. The fourth-order valence-corrected chi connectivity index (χ4v) is 4.64. The summed E-state index contributed by atoms with van der Waals surface area (Å²) in [4.78, 5) is 24.7. The van der Waals surface area contributed by atoms with E-state index in [0.717, 1.165) is 36.5 Å². The van der Waals surface area contributed by atoms with E-state index in [1.165, 1.54) is 22.9 Å². The van der Waals surface area contributed by atoms with E-state index in [9.17, 15) is 14.0 Å². The zero-order valence-corrected chi connectivity index (χ0v) is 20.4. The first-order valence-electron chi connectivity index (χ1n) is 11.6. The second-order valence-corrected chi connectivity index (χ2v) is 9.42. The van der Waals surface area contributed by atoms with E-state index in [1.807, 2.05) is 24.3 Å². The van der Waals surface area contributed by atoms with Crippen LogP contribution >= 0.6 is 11.8 Å². The van der Waals surface area contributed by atoms with E-state index in [4.69, 9.17) is 4.74 Å². The number of cyclic esters (lactones) is 1. The number of amides is 2. The van der Waals surface area contributed by atoms with Gasteiger partial charge in [0.05, 0.1) is 23.8 Å². The summed E-state index contributed by atoms with van der Waals surface area (Å²) in [5.74, 6) is 0.364. The number of nitrogens with zero attached hydrogens (tertiary/aromatic N) is 1. The lowest BCUT2D eigenvalue weighted by Crippen LogP contribution is -2.33. The maximum absolute atomic E-state index is 14.9. The molecule has 2 aromatic carbocycles. The number of allylic oxidation sites excluding steroid dienone is 2. The molecule has 0 aromatic heterocycles. The van der Waals surface area contributed by atoms with Gasteiger partial charge >= 0.3 is 6.09 Å². The molecule has 184 valence electrons. The van der Waals surface area contributed by atoms with Gasteiger partial charge in [0.1, 0.15) is 11.9 Å². The Hall–Kier alpha value is -3.30. The SMILES string of the molecule is CC(=O)NC[C@H]1CN(c2ccc(-c3ccc(CNCCSC4=CC=CCN4)cc3)c(F)c2)C(=O)O1. The van der Waals surface area contributed by atoms with Gasteiger partial charge in [0, 0.05) is 37.9 Å². The third-order valence-corrected chi connectivity index (χ3v) is 6.63. The van der Waals surface area contributed by atoms with Crippen molar-refractivity contribution in [3.8, 4) is 11.1 Å². The van der Waals surface area contributed by atoms with Gasteiger partial charge in [0.2, 0.25) is 5.91 Å². The summed E-state index contributed by atoms with van der Waals surface area (Å²) in [6, 6.07) is 12.5. The lowest BCUT2D eigenvalue weighted by Gasteiger charge is -2.15. The molecule has 0 radical (unpaired) electrons. The molecule has 7 nitrogen and oxygen atoms in total. The van der Waals surface area contributed by atoms with Gasteiger partial charge < -0.3 is 20.7 Å². The average molecular weight is 497 g/mol. The highest BCUT2D eigenvalue weighted by molar-refractivity contribution is 8.03. The van der Waals surface area contributed by atoms with Crippen molar-refractivity contribution >= 4 is 29.4 Å². The van der Waals surface area contributed by atoms with Crippen molar-refractivity contribution in [3.05, 3.63) is 77.1 Å². The largest absolute Gasteiger partial charge is 0.442 e. The first-order chi connectivity index (χ1) is 17.0. The van der Waals surface area contributed by atoms with E-state index >= 15 is 0 Å². The number of anilines is 1. The normalized spacial score (nSPS) is 17.1. The Morgan fingerprint density at radius 1 is 1.26 bits per heavy atom. The fourth-order valence-electron chi connectivity index (χ4n) is 3.81. The van der Waals surface area contributed by atoms with Crippen molar-refractivity contribution in [2.45, 2.75) is 19.6 Å². The second-order valence-electron chi connectivity index (χ2n) is 8.28. The number of carbonyl (C=O) groups excluding carboxylic acids is 2. The van der Waals surface area contributed by atoms with Gasteiger partial charge in [-0.2, -0.15) is 0 Å². The van der Waals surface area contributed by atoms with Gasteiger partial charge in [0.15, 0.2) is 0 Å². The number of ether oxygens (including phenoxy) is 1. The molecule has 0 saturated carbocycles. The minimum Gasteiger partial charge on any atom is -0.442 e. The third-order valence-electron chi connectivity index (χ3n) is 5.63. The molecule has 9 heteroatoms. The quantitative estimate of drug-likeness (QED) is 0.435. The van der Waals surface area contributed by atoms with Crippen LogP contribution in [-0.4, -0.2) is 50.0 Å². The minimum absolute atomic E-state index is 0.196. The van der Waals surface area contributed by atoms with Crippen LogP contribution in [0, 0.1) is 5.82 Å². The van der Waals surface area contributed by atoms with Crippen LogP contribution in [0.25, 0.3) is 11.1 Å². The number of rotatable bonds is 10. The van der Waals surface area contributed by atoms with Crippen molar-refractivity contribution in [1.82, 2.24) is 16.0 Å². The van der Waals surface area contributed by atoms with E-state index in [1.54, 1.807) is 23.9 Å². The number of hydrogen-bond acceptors (Lipinski definition) is 6. The monoisotopic (exact) mass is 496 g/mol. The van der Waals surface area contributed by atoms with Crippen LogP contribution < -0.4 is 20.9 Å². The number of benzene rings is 2.